The van der Waals surface area contributed by atoms with E-state index in [1.165, 1.54) is 0 Å². The van der Waals surface area contributed by atoms with Gasteiger partial charge in [-0.25, -0.2) is 9.97 Å². The largest absolute Gasteiger partial charge is 0.343 e. The van der Waals surface area contributed by atoms with Gasteiger partial charge < -0.3 is 9.47 Å². The Kier molecular flexibility index (Phi) is 4.95. The molecule has 0 atom stereocenters. The van der Waals surface area contributed by atoms with Crippen LogP contribution in [-0.2, 0) is 17.2 Å². The molecule has 0 saturated heterocycles. The number of fused-ring (bicyclic) bond motifs is 1. The number of aromatic nitrogens is 3. The van der Waals surface area contributed by atoms with Crippen LogP contribution in [0.1, 0.15) is 26.1 Å². The molecule has 0 N–H and O–H groups in total. The van der Waals surface area contributed by atoms with Crippen LogP contribution < -0.4 is 0 Å². The third kappa shape index (κ3) is 2.93. The summed E-state index contributed by atoms with van der Waals surface area (Å²) in [5.74, 6) is 1.22. The maximum absolute atomic E-state index is 12.1. The summed E-state index contributed by atoms with van der Waals surface area (Å²) in [7, 11) is 0. The highest BCUT2D eigenvalue weighted by Gasteiger charge is 2.14. The Morgan fingerprint density at radius 1 is 1.40 bits per heavy atom. The highest BCUT2D eigenvalue weighted by atomic mass is 35.5. The first kappa shape index (κ1) is 14.8. The maximum Gasteiger partial charge on any atom is 0.224 e. The van der Waals surface area contributed by atoms with Crippen LogP contribution in [-0.4, -0.2) is 38.4 Å². The molecule has 1 amide bonds. The lowest BCUT2D eigenvalue weighted by atomic mass is 10.3. The predicted octanol–water partition coefficient (Wildman–Crippen LogP) is 2.43. The molecule has 0 aromatic carbocycles. The Morgan fingerprint density at radius 3 is 2.80 bits per heavy atom. The van der Waals surface area contributed by atoms with Crippen molar-refractivity contribution >= 4 is 28.7 Å². The second kappa shape index (κ2) is 6.70. The van der Waals surface area contributed by atoms with Crippen LogP contribution in [0, 0.1) is 0 Å². The van der Waals surface area contributed by atoms with Crippen LogP contribution in [0.25, 0.3) is 11.2 Å². The van der Waals surface area contributed by atoms with E-state index in [1.807, 2.05) is 35.4 Å². The maximum atomic E-state index is 12.1. The average Bonchev–Trinajstić information content (AvgIpc) is 2.84. The number of imidazole rings is 1. The fraction of sp³-hybridized carbons (Fsp3) is 0.500. The molecule has 0 bridgehead atoms. The van der Waals surface area contributed by atoms with Gasteiger partial charge >= 0.3 is 0 Å². The van der Waals surface area contributed by atoms with E-state index >= 15 is 0 Å². The number of nitrogens with zero attached hydrogens (tertiary/aromatic N) is 4. The first-order valence-corrected chi connectivity index (χ1v) is 7.38. The third-order valence-corrected chi connectivity index (χ3v) is 3.61. The Balaban J connectivity index is 2.19. The van der Waals surface area contributed by atoms with Crippen LogP contribution in [0.5, 0.6) is 0 Å². The molecule has 0 aliphatic heterocycles. The van der Waals surface area contributed by atoms with Crippen molar-refractivity contribution in [3.8, 4) is 0 Å². The van der Waals surface area contributed by atoms with Gasteiger partial charge in [0.1, 0.15) is 11.3 Å². The lowest BCUT2D eigenvalue weighted by molar-refractivity contribution is -0.131. The van der Waals surface area contributed by atoms with Gasteiger partial charge in [0.25, 0.3) is 0 Å². The lowest BCUT2D eigenvalue weighted by Gasteiger charge is -2.18. The zero-order valence-corrected chi connectivity index (χ0v) is 12.6. The first-order chi connectivity index (χ1) is 9.71. The molecular formula is C14H19ClN4O. The Hall–Kier alpha value is -1.62. The fourth-order valence-corrected chi connectivity index (χ4v) is 2.49. The number of carbonyl (C=O) groups is 1. The second-order valence-corrected chi connectivity index (χ2v) is 4.74. The Bertz CT molecular complexity index is 592. The molecule has 0 fully saturated rings. The molecule has 6 heteroatoms. The van der Waals surface area contributed by atoms with E-state index < -0.39 is 0 Å². The van der Waals surface area contributed by atoms with E-state index in [1.54, 1.807) is 6.20 Å². The summed E-state index contributed by atoms with van der Waals surface area (Å²) in [5, 5.41) is 0. The average molecular weight is 295 g/mol. The molecule has 0 saturated carbocycles. The molecule has 2 rings (SSSR count). The number of amides is 1. The topological polar surface area (TPSA) is 51.0 Å². The second-order valence-electron chi connectivity index (χ2n) is 4.48. The minimum absolute atomic E-state index is 0.147. The van der Waals surface area contributed by atoms with Crippen LogP contribution >= 0.6 is 11.6 Å². The van der Waals surface area contributed by atoms with E-state index in [4.69, 9.17) is 11.6 Å². The number of halogens is 1. The quantitative estimate of drug-likeness (QED) is 0.769. The summed E-state index contributed by atoms with van der Waals surface area (Å²) in [6.07, 6.45) is 2.17. The van der Waals surface area contributed by atoms with E-state index in [-0.39, 0.29) is 5.91 Å². The summed E-state index contributed by atoms with van der Waals surface area (Å²) in [4.78, 5) is 22.7. The van der Waals surface area contributed by atoms with Crippen molar-refractivity contribution < 1.29 is 4.79 Å². The number of alkyl halides is 1. The lowest BCUT2D eigenvalue weighted by Crippen LogP contribution is -2.31. The molecule has 2 heterocycles. The normalized spacial score (nSPS) is 10.9. The van der Waals surface area contributed by atoms with Crippen LogP contribution in [0.3, 0.4) is 0 Å². The van der Waals surface area contributed by atoms with Gasteiger partial charge in [-0.3, -0.25) is 4.79 Å². The summed E-state index contributed by atoms with van der Waals surface area (Å²) in [5.41, 5.74) is 1.61. The van der Waals surface area contributed by atoms with Crippen LogP contribution in [0.15, 0.2) is 18.3 Å². The molecule has 2 aromatic rings. The molecule has 0 unspecified atom stereocenters. The van der Waals surface area contributed by atoms with Crippen molar-refractivity contribution in [1.82, 2.24) is 19.4 Å². The first-order valence-electron chi connectivity index (χ1n) is 6.85. The molecule has 0 radical (unpaired) electrons. The van der Waals surface area contributed by atoms with Crippen LogP contribution in [0.2, 0.25) is 0 Å². The SMILES string of the molecule is CCN(CC)C(=O)CCn1c(CCl)nc2cccnc21. The van der Waals surface area contributed by atoms with Gasteiger partial charge in [-0.15, -0.1) is 11.6 Å². The standard InChI is InChI=1S/C14H19ClN4O/c1-3-18(4-2)13(20)7-9-19-12(10-15)17-11-6-5-8-16-14(11)19/h5-6,8H,3-4,7,9-10H2,1-2H3. The predicted molar refractivity (Wildman–Crippen MR) is 79.6 cm³/mol. The number of carbonyl (C=O) groups excluding carboxylic acids is 1. The third-order valence-electron chi connectivity index (χ3n) is 3.37. The highest BCUT2D eigenvalue weighted by molar-refractivity contribution is 6.16. The van der Waals surface area contributed by atoms with E-state index in [9.17, 15) is 4.79 Å². The summed E-state index contributed by atoms with van der Waals surface area (Å²) in [6, 6.07) is 3.75. The van der Waals surface area contributed by atoms with Gasteiger partial charge in [-0.2, -0.15) is 0 Å². The van der Waals surface area contributed by atoms with Gasteiger partial charge in [-0.05, 0) is 26.0 Å². The van der Waals surface area contributed by atoms with Crippen molar-refractivity contribution in [2.45, 2.75) is 32.7 Å². The van der Waals surface area contributed by atoms with E-state index in [2.05, 4.69) is 9.97 Å². The van der Waals surface area contributed by atoms with Gasteiger partial charge in [0.05, 0.1) is 5.88 Å². The van der Waals surface area contributed by atoms with Gasteiger partial charge in [-0.1, -0.05) is 0 Å². The Morgan fingerprint density at radius 2 is 2.15 bits per heavy atom. The number of hydrogen-bond acceptors (Lipinski definition) is 3. The molecule has 2 aromatic heterocycles. The van der Waals surface area contributed by atoms with E-state index in [0.29, 0.717) is 18.8 Å². The van der Waals surface area contributed by atoms with Crippen molar-refractivity contribution in [3.63, 3.8) is 0 Å². The molecule has 0 aliphatic rings. The smallest absolute Gasteiger partial charge is 0.224 e. The molecule has 108 valence electrons. The molecular weight excluding hydrogens is 276 g/mol. The number of rotatable bonds is 6. The zero-order valence-electron chi connectivity index (χ0n) is 11.8. The van der Waals surface area contributed by atoms with Crippen molar-refractivity contribution in [2.75, 3.05) is 13.1 Å². The van der Waals surface area contributed by atoms with Crippen LogP contribution in [0.4, 0.5) is 0 Å². The number of pyridine rings is 1. The minimum Gasteiger partial charge on any atom is -0.343 e. The van der Waals surface area contributed by atoms with Gasteiger partial charge in [0.15, 0.2) is 5.65 Å². The van der Waals surface area contributed by atoms with Crippen molar-refractivity contribution in [1.29, 1.82) is 0 Å². The monoisotopic (exact) mass is 294 g/mol. The van der Waals surface area contributed by atoms with Gasteiger partial charge in [0.2, 0.25) is 5.91 Å². The van der Waals surface area contributed by atoms with Crippen molar-refractivity contribution in [2.24, 2.45) is 0 Å². The van der Waals surface area contributed by atoms with Crippen molar-refractivity contribution in [3.05, 3.63) is 24.2 Å². The highest BCUT2D eigenvalue weighted by Crippen LogP contribution is 2.15. The summed E-state index contributed by atoms with van der Waals surface area (Å²) in [6.45, 7) is 6.01. The molecule has 20 heavy (non-hydrogen) atoms. The number of aryl methyl sites for hydroxylation is 1. The summed E-state index contributed by atoms with van der Waals surface area (Å²) < 4.78 is 1.93. The van der Waals surface area contributed by atoms with Gasteiger partial charge in [0, 0.05) is 32.3 Å². The fourth-order valence-electron chi connectivity index (χ4n) is 2.28. The Labute approximate surface area is 123 Å². The molecule has 5 nitrogen and oxygen atoms in total. The zero-order chi connectivity index (χ0) is 14.5. The molecule has 0 spiro atoms. The molecule has 0 aliphatic carbocycles. The summed E-state index contributed by atoms with van der Waals surface area (Å²) >= 11 is 5.93. The van der Waals surface area contributed by atoms with E-state index in [0.717, 1.165) is 30.1 Å². The number of hydrogen-bond donors (Lipinski definition) is 0. The minimum atomic E-state index is 0.147.